The molecule has 2 unspecified atom stereocenters. The number of rotatable bonds is 0. The second kappa shape index (κ2) is 2.09. The highest BCUT2D eigenvalue weighted by Gasteiger charge is 2.49. The predicted octanol–water partition coefficient (Wildman–Crippen LogP) is -0.990. The molecule has 1 saturated heterocycles. The van der Waals surface area contributed by atoms with Gasteiger partial charge in [0.25, 0.3) is 0 Å². The molecule has 1 aliphatic rings. The number of urea groups is 1. The topological polar surface area (TPSA) is 64.0 Å². The van der Waals surface area contributed by atoms with Gasteiger partial charge in [-0.1, -0.05) is 0 Å². The average Bonchev–Trinajstić information content (AvgIpc) is 2.06. The van der Waals surface area contributed by atoms with Gasteiger partial charge < -0.3 is 10.2 Å². The number of nitrogens with zero attached hydrogens (tertiary/aromatic N) is 2. The largest absolute Gasteiger partial charge is 0.369 e. The average molecular weight is 160 g/mol. The molecule has 0 aromatic heterocycles. The van der Waals surface area contributed by atoms with E-state index in [1.165, 1.54) is 21.0 Å². The molecular formula is C6H12N2O3. The van der Waals surface area contributed by atoms with Crippen molar-refractivity contribution in [1.82, 2.24) is 9.80 Å². The maximum atomic E-state index is 11.1. The normalized spacial score (nSPS) is 38.6. The van der Waals surface area contributed by atoms with E-state index in [1.54, 1.807) is 0 Å². The van der Waals surface area contributed by atoms with E-state index >= 15 is 0 Å². The zero-order valence-electron chi connectivity index (χ0n) is 6.77. The van der Waals surface area contributed by atoms with Crippen molar-refractivity contribution in [3.8, 4) is 0 Å². The van der Waals surface area contributed by atoms with E-state index in [0.717, 1.165) is 9.80 Å². The predicted molar refractivity (Wildman–Crippen MR) is 37.6 cm³/mol. The summed E-state index contributed by atoms with van der Waals surface area (Å²) in [6.45, 7) is 1.39. The van der Waals surface area contributed by atoms with Crippen LogP contribution in [0.5, 0.6) is 0 Å². The highest BCUT2D eigenvalue weighted by molar-refractivity contribution is 5.77. The van der Waals surface area contributed by atoms with Crippen LogP contribution in [0.2, 0.25) is 0 Å². The van der Waals surface area contributed by atoms with Gasteiger partial charge >= 0.3 is 6.03 Å². The van der Waals surface area contributed by atoms with Crippen molar-refractivity contribution < 1.29 is 15.0 Å². The number of carbonyl (C=O) groups is 1. The number of aliphatic hydroxyl groups is 2. The van der Waals surface area contributed by atoms with Gasteiger partial charge in [-0.15, -0.1) is 0 Å². The molecule has 0 saturated carbocycles. The Morgan fingerprint density at radius 2 is 2.00 bits per heavy atom. The summed E-state index contributed by atoms with van der Waals surface area (Å²) in [5.74, 6) is 0. The summed E-state index contributed by atoms with van der Waals surface area (Å²) in [6, 6.07) is -0.387. The number of carbonyl (C=O) groups excluding carboxylic acids is 1. The van der Waals surface area contributed by atoms with E-state index in [2.05, 4.69) is 0 Å². The zero-order valence-corrected chi connectivity index (χ0v) is 6.77. The first-order valence-electron chi connectivity index (χ1n) is 3.30. The van der Waals surface area contributed by atoms with Crippen LogP contribution in [-0.4, -0.2) is 52.1 Å². The molecule has 2 atom stereocenters. The second-order valence-electron chi connectivity index (χ2n) is 2.92. The first kappa shape index (κ1) is 8.29. The minimum absolute atomic E-state index is 0.387. The first-order chi connectivity index (χ1) is 4.89. The van der Waals surface area contributed by atoms with Crippen molar-refractivity contribution in [3.05, 3.63) is 0 Å². The summed E-state index contributed by atoms with van der Waals surface area (Å²) in [7, 11) is 2.88. The summed E-state index contributed by atoms with van der Waals surface area (Å²) in [5.41, 5.74) is -1.48. The number of aliphatic hydroxyl groups excluding tert-OH is 1. The van der Waals surface area contributed by atoms with Crippen molar-refractivity contribution in [2.45, 2.75) is 18.9 Å². The van der Waals surface area contributed by atoms with E-state index in [1.807, 2.05) is 0 Å². The van der Waals surface area contributed by atoms with Gasteiger partial charge in [-0.3, -0.25) is 9.80 Å². The van der Waals surface area contributed by atoms with Gasteiger partial charge in [0.1, 0.15) is 0 Å². The summed E-state index contributed by atoms with van der Waals surface area (Å²) in [4.78, 5) is 13.2. The van der Waals surface area contributed by atoms with Gasteiger partial charge in [-0.05, 0) is 6.92 Å². The summed E-state index contributed by atoms with van der Waals surface area (Å²) in [6.07, 6.45) is -1.15. The molecule has 5 heteroatoms. The van der Waals surface area contributed by atoms with Crippen LogP contribution in [0.1, 0.15) is 6.92 Å². The van der Waals surface area contributed by atoms with E-state index in [-0.39, 0.29) is 6.03 Å². The third-order valence-electron chi connectivity index (χ3n) is 2.12. The monoisotopic (exact) mass is 160 g/mol. The van der Waals surface area contributed by atoms with E-state index < -0.39 is 12.0 Å². The maximum Gasteiger partial charge on any atom is 0.324 e. The Morgan fingerprint density at radius 3 is 2.09 bits per heavy atom. The number of amides is 2. The van der Waals surface area contributed by atoms with Crippen LogP contribution in [0, 0.1) is 0 Å². The Bertz CT molecular complexity index is 192. The van der Waals surface area contributed by atoms with Crippen LogP contribution in [0.15, 0.2) is 0 Å². The van der Waals surface area contributed by atoms with Crippen molar-refractivity contribution in [3.63, 3.8) is 0 Å². The molecule has 2 amide bonds. The van der Waals surface area contributed by atoms with E-state index in [0.29, 0.717) is 0 Å². The van der Waals surface area contributed by atoms with Gasteiger partial charge in [0.05, 0.1) is 0 Å². The Balaban J connectivity index is 2.96. The zero-order chi connectivity index (χ0) is 8.81. The van der Waals surface area contributed by atoms with Crippen LogP contribution < -0.4 is 0 Å². The Hall–Kier alpha value is -0.810. The lowest BCUT2D eigenvalue weighted by atomic mass is 10.2. The quantitative estimate of drug-likeness (QED) is 0.478. The first-order valence-corrected chi connectivity index (χ1v) is 3.30. The highest BCUT2D eigenvalue weighted by Crippen LogP contribution is 2.25. The molecule has 1 fully saturated rings. The number of hydrogen-bond acceptors (Lipinski definition) is 3. The molecule has 0 aromatic carbocycles. The molecule has 0 spiro atoms. The molecule has 0 aliphatic carbocycles. The lowest BCUT2D eigenvalue weighted by Gasteiger charge is -2.26. The van der Waals surface area contributed by atoms with Crippen molar-refractivity contribution in [1.29, 1.82) is 0 Å². The smallest absolute Gasteiger partial charge is 0.324 e. The van der Waals surface area contributed by atoms with Crippen LogP contribution >= 0.6 is 0 Å². The van der Waals surface area contributed by atoms with Crippen LogP contribution in [0.3, 0.4) is 0 Å². The molecule has 64 valence electrons. The fraction of sp³-hybridized carbons (Fsp3) is 0.833. The van der Waals surface area contributed by atoms with Gasteiger partial charge in [0, 0.05) is 14.1 Å². The highest BCUT2D eigenvalue weighted by atomic mass is 16.4. The molecule has 0 radical (unpaired) electrons. The fourth-order valence-corrected chi connectivity index (χ4v) is 1.07. The van der Waals surface area contributed by atoms with Crippen LogP contribution in [0.25, 0.3) is 0 Å². The molecule has 5 nitrogen and oxygen atoms in total. The van der Waals surface area contributed by atoms with Gasteiger partial charge in [-0.2, -0.15) is 0 Å². The molecule has 1 heterocycles. The van der Waals surface area contributed by atoms with Gasteiger partial charge in [-0.25, -0.2) is 4.79 Å². The van der Waals surface area contributed by atoms with Gasteiger partial charge in [0.2, 0.25) is 0 Å². The second-order valence-corrected chi connectivity index (χ2v) is 2.92. The SMILES string of the molecule is CN1C(=O)N(C)C(C)(O)C1O. The van der Waals surface area contributed by atoms with Crippen LogP contribution in [-0.2, 0) is 0 Å². The standard InChI is InChI=1S/C6H12N2O3/c1-6(11)4(9)7(2)5(10)8(6)3/h4,9,11H,1-3H3. The Kier molecular flexibility index (Phi) is 1.57. The molecule has 0 aromatic rings. The van der Waals surface area contributed by atoms with E-state index in [4.69, 9.17) is 0 Å². The van der Waals surface area contributed by atoms with Crippen molar-refractivity contribution in [2.24, 2.45) is 0 Å². The molecule has 2 N–H and O–H groups in total. The fourth-order valence-electron chi connectivity index (χ4n) is 1.07. The lowest BCUT2D eigenvalue weighted by molar-refractivity contribution is -0.134. The van der Waals surface area contributed by atoms with E-state index in [9.17, 15) is 15.0 Å². The summed E-state index contributed by atoms with van der Waals surface area (Å²) >= 11 is 0. The lowest BCUT2D eigenvalue weighted by Crippen LogP contribution is -2.47. The number of likely N-dealkylation sites (N-methyl/N-ethyl adjacent to an activating group) is 2. The summed E-state index contributed by atoms with van der Waals surface area (Å²) < 4.78 is 0. The summed E-state index contributed by atoms with van der Waals surface area (Å²) in [5, 5.41) is 18.8. The minimum Gasteiger partial charge on any atom is -0.369 e. The third kappa shape index (κ3) is 0.883. The molecule has 0 bridgehead atoms. The third-order valence-corrected chi connectivity index (χ3v) is 2.12. The molecule has 1 aliphatic heterocycles. The Morgan fingerprint density at radius 1 is 1.55 bits per heavy atom. The van der Waals surface area contributed by atoms with Crippen LogP contribution in [0.4, 0.5) is 4.79 Å². The van der Waals surface area contributed by atoms with Crippen molar-refractivity contribution in [2.75, 3.05) is 14.1 Å². The maximum absolute atomic E-state index is 11.1. The molecule has 1 rings (SSSR count). The molecule has 11 heavy (non-hydrogen) atoms. The van der Waals surface area contributed by atoms with Crippen molar-refractivity contribution >= 4 is 6.03 Å². The number of hydrogen-bond donors (Lipinski definition) is 2. The molecular weight excluding hydrogens is 148 g/mol. The van der Waals surface area contributed by atoms with Gasteiger partial charge in [0.15, 0.2) is 12.0 Å². The minimum atomic E-state index is -1.48. The Labute approximate surface area is 64.8 Å².